The molecule has 1 saturated carbocycles. The Morgan fingerprint density at radius 3 is 2.72 bits per heavy atom. The molecule has 2 aromatic heterocycles. The molecule has 1 aromatic carbocycles. The Kier molecular flexibility index (Phi) is 5.73. The number of hydrogen-bond donors (Lipinski definition) is 1. The predicted molar refractivity (Wildman–Crippen MR) is 122 cm³/mol. The molecule has 10 heteroatoms. The van der Waals surface area contributed by atoms with Gasteiger partial charge in [-0.1, -0.05) is 17.7 Å². The number of aromatic nitrogens is 5. The van der Waals surface area contributed by atoms with Gasteiger partial charge in [-0.05, 0) is 49.8 Å². The number of nitrogens with one attached hydrogen (secondary N) is 1. The zero-order valence-electron chi connectivity index (χ0n) is 18.1. The van der Waals surface area contributed by atoms with Crippen molar-refractivity contribution in [2.75, 3.05) is 30.4 Å². The van der Waals surface area contributed by atoms with Crippen molar-refractivity contribution in [3.8, 4) is 17.6 Å². The highest BCUT2D eigenvalue weighted by atomic mass is 35.5. The Morgan fingerprint density at radius 2 is 2.00 bits per heavy atom. The third-order valence-corrected chi connectivity index (χ3v) is 6.50. The van der Waals surface area contributed by atoms with E-state index in [9.17, 15) is 0 Å². The Hall–Kier alpha value is -3.07. The van der Waals surface area contributed by atoms with Crippen molar-refractivity contribution >= 4 is 23.2 Å². The average molecular weight is 456 g/mol. The van der Waals surface area contributed by atoms with Crippen LogP contribution in [-0.2, 0) is 6.54 Å². The number of ether oxygens (including phenoxy) is 2. The summed E-state index contributed by atoms with van der Waals surface area (Å²) in [6.45, 7) is 4.57. The second kappa shape index (κ2) is 8.82. The number of anilines is 2. The molecular formula is C22H26ClN7O2. The summed E-state index contributed by atoms with van der Waals surface area (Å²) < 4.78 is 12.9. The van der Waals surface area contributed by atoms with Crippen LogP contribution in [0, 0.1) is 11.8 Å². The molecule has 1 aliphatic carbocycles. The van der Waals surface area contributed by atoms with E-state index >= 15 is 0 Å². The normalized spacial score (nSPS) is 22.1. The zero-order valence-corrected chi connectivity index (χ0v) is 18.9. The van der Waals surface area contributed by atoms with Gasteiger partial charge < -0.3 is 19.7 Å². The Morgan fingerprint density at radius 1 is 1.19 bits per heavy atom. The van der Waals surface area contributed by atoms with Gasteiger partial charge >= 0.3 is 6.01 Å². The lowest BCUT2D eigenvalue weighted by Gasteiger charge is -2.39. The highest BCUT2D eigenvalue weighted by Gasteiger charge is 2.42. The largest absolute Gasteiger partial charge is 0.480 e. The van der Waals surface area contributed by atoms with Gasteiger partial charge in [0.1, 0.15) is 5.75 Å². The Balaban J connectivity index is 1.29. The van der Waals surface area contributed by atoms with Gasteiger partial charge in [-0.25, -0.2) is 4.68 Å². The maximum Gasteiger partial charge on any atom is 0.322 e. The quantitative estimate of drug-likeness (QED) is 0.574. The molecule has 32 heavy (non-hydrogen) atoms. The van der Waals surface area contributed by atoms with E-state index in [1.54, 1.807) is 24.1 Å². The number of halogens is 1. The summed E-state index contributed by atoms with van der Waals surface area (Å²) in [4.78, 5) is 7.00. The minimum Gasteiger partial charge on any atom is -0.480 e. The first kappa shape index (κ1) is 20.8. The fraction of sp³-hybridized carbons (Fsp3) is 0.455. The van der Waals surface area contributed by atoms with E-state index in [2.05, 4.69) is 30.5 Å². The summed E-state index contributed by atoms with van der Waals surface area (Å²) in [6.07, 6.45) is 4.16. The molecule has 2 bridgehead atoms. The molecular weight excluding hydrogens is 430 g/mol. The number of rotatable bonds is 7. The van der Waals surface area contributed by atoms with Crippen LogP contribution in [0.2, 0.25) is 5.02 Å². The molecule has 9 nitrogen and oxygen atoms in total. The monoisotopic (exact) mass is 455 g/mol. The van der Waals surface area contributed by atoms with Gasteiger partial charge in [0.05, 0.1) is 19.0 Å². The van der Waals surface area contributed by atoms with Crippen molar-refractivity contribution in [3.63, 3.8) is 0 Å². The highest BCUT2D eigenvalue weighted by molar-refractivity contribution is 6.30. The minimum absolute atomic E-state index is 0.328. The maximum atomic E-state index is 6.08. The molecule has 3 heterocycles. The summed E-state index contributed by atoms with van der Waals surface area (Å²) >= 11 is 6.08. The van der Waals surface area contributed by atoms with Gasteiger partial charge in [0.25, 0.3) is 0 Å². The van der Waals surface area contributed by atoms with E-state index in [1.807, 2.05) is 31.2 Å². The van der Waals surface area contributed by atoms with E-state index in [-0.39, 0.29) is 0 Å². The molecule has 2 fully saturated rings. The van der Waals surface area contributed by atoms with Gasteiger partial charge in [0.15, 0.2) is 0 Å². The summed E-state index contributed by atoms with van der Waals surface area (Å²) in [5, 5.41) is 16.9. The molecule has 1 N–H and O–H groups in total. The number of nitrogens with zero attached hydrogens (tertiary/aromatic N) is 6. The topological polar surface area (TPSA) is 90.2 Å². The molecule has 1 aliphatic heterocycles. The van der Waals surface area contributed by atoms with Crippen LogP contribution in [0.25, 0.3) is 0 Å². The van der Waals surface area contributed by atoms with E-state index in [0.717, 1.165) is 18.8 Å². The lowest BCUT2D eigenvalue weighted by atomic mass is 9.92. The summed E-state index contributed by atoms with van der Waals surface area (Å²) in [5.74, 6) is 2.78. The van der Waals surface area contributed by atoms with E-state index in [0.29, 0.717) is 53.0 Å². The third kappa shape index (κ3) is 4.17. The molecule has 0 radical (unpaired) electrons. The van der Waals surface area contributed by atoms with Crippen molar-refractivity contribution in [3.05, 3.63) is 41.6 Å². The maximum absolute atomic E-state index is 6.08. The minimum atomic E-state index is 0.328. The van der Waals surface area contributed by atoms with Crippen LogP contribution in [0.1, 0.15) is 19.8 Å². The van der Waals surface area contributed by atoms with Gasteiger partial charge in [0.2, 0.25) is 11.8 Å². The first-order chi connectivity index (χ1) is 15.6. The number of benzene rings is 1. The highest BCUT2D eigenvalue weighted by Crippen LogP contribution is 2.40. The van der Waals surface area contributed by atoms with E-state index < -0.39 is 0 Å². The number of aryl methyl sites for hydroxylation is 1. The van der Waals surface area contributed by atoms with Gasteiger partial charge in [0, 0.05) is 36.8 Å². The molecule has 0 amide bonds. The van der Waals surface area contributed by atoms with Crippen LogP contribution in [-0.4, -0.2) is 51.2 Å². The Bertz CT molecular complexity index is 1080. The van der Waals surface area contributed by atoms with Crippen LogP contribution in [0.15, 0.2) is 36.5 Å². The van der Waals surface area contributed by atoms with Crippen LogP contribution in [0.4, 0.5) is 11.6 Å². The number of fused-ring (bicyclic) bond motifs is 2. The first-order valence-corrected chi connectivity index (χ1v) is 11.3. The number of hydrogen-bond acceptors (Lipinski definition) is 8. The lowest BCUT2D eigenvalue weighted by Crippen LogP contribution is -2.48. The number of methoxy groups -OCH3 is 1. The fourth-order valence-corrected chi connectivity index (χ4v) is 4.91. The van der Waals surface area contributed by atoms with E-state index in [1.165, 1.54) is 12.8 Å². The summed E-state index contributed by atoms with van der Waals surface area (Å²) in [7, 11) is 1.61. The average Bonchev–Trinajstić information content (AvgIpc) is 3.28. The van der Waals surface area contributed by atoms with Crippen LogP contribution >= 0.6 is 11.6 Å². The summed E-state index contributed by atoms with van der Waals surface area (Å²) in [6, 6.07) is 10.0. The second-order valence-electron chi connectivity index (χ2n) is 8.22. The molecule has 0 spiro atoms. The van der Waals surface area contributed by atoms with Crippen molar-refractivity contribution in [2.45, 2.75) is 32.4 Å². The van der Waals surface area contributed by atoms with Crippen LogP contribution in [0.5, 0.6) is 17.6 Å². The first-order valence-electron chi connectivity index (χ1n) is 10.9. The Labute approximate surface area is 191 Å². The van der Waals surface area contributed by atoms with Crippen molar-refractivity contribution < 1.29 is 9.47 Å². The molecule has 0 unspecified atom stereocenters. The third-order valence-electron chi connectivity index (χ3n) is 6.26. The lowest BCUT2D eigenvalue weighted by molar-refractivity contribution is 0.372. The standard InChI is InChI=1S/C22H26ClN7O2/c1-3-30-22(32-18-6-4-5-16(23)9-18)26-21(28-30)25-20-14-7-8-15(20)13-29(12-14)17-10-19(31-2)27-24-11-17/h4-6,9-11,14-15,20H,3,7-8,12-13H2,1-2H3,(H,25,28)/t14-,15+,20-. The molecule has 3 aromatic rings. The predicted octanol–water partition coefficient (Wildman–Crippen LogP) is 3.87. The SMILES string of the molecule is CCn1nc(N[C@@H]2[C@@H]3CC[C@H]2CN(c2cnnc(OC)c2)C3)nc1Oc1cccc(Cl)c1. The van der Waals surface area contributed by atoms with Crippen molar-refractivity contribution in [1.29, 1.82) is 0 Å². The van der Waals surface area contributed by atoms with Gasteiger partial charge in [-0.15, -0.1) is 10.2 Å². The van der Waals surface area contributed by atoms with Crippen LogP contribution < -0.4 is 19.7 Å². The molecule has 3 atom stereocenters. The van der Waals surface area contributed by atoms with Gasteiger partial charge in [-0.3, -0.25) is 0 Å². The molecule has 5 rings (SSSR count). The molecule has 1 saturated heterocycles. The van der Waals surface area contributed by atoms with Crippen LogP contribution in [0.3, 0.4) is 0 Å². The second-order valence-corrected chi connectivity index (χ2v) is 8.66. The van der Waals surface area contributed by atoms with Crippen molar-refractivity contribution in [2.24, 2.45) is 11.8 Å². The zero-order chi connectivity index (χ0) is 22.1. The molecule has 2 aliphatic rings. The molecule has 168 valence electrons. The van der Waals surface area contributed by atoms with E-state index in [4.69, 9.17) is 21.1 Å². The smallest absolute Gasteiger partial charge is 0.322 e. The van der Waals surface area contributed by atoms with Crippen molar-refractivity contribution in [1.82, 2.24) is 25.0 Å². The van der Waals surface area contributed by atoms with Gasteiger partial charge in [-0.2, -0.15) is 10.1 Å². The summed E-state index contributed by atoms with van der Waals surface area (Å²) in [5.41, 5.74) is 1.05. The number of piperidine rings is 1. The fourth-order valence-electron chi connectivity index (χ4n) is 4.73.